The molecule has 0 bridgehead atoms. The van der Waals surface area contributed by atoms with E-state index < -0.39 is 0 Å². The topological polar surface area (TPSA) is 55.4 Å². The Kier molecular flexibility index (Phi) is 6.77. The molecule has 0 atom stereocenters. The van der Waals surface area contributed by atoms with Gasteiger partial charge in [0.25, 0.3) is 0 Å². The van der Waals surface area contributed by atoms with E-state index in [1.807, 2.05) is 0 Å². The van der Waals surface area contributed by atoms with Crippen LogP contribution in [-0.2, 0) is 14.3 Å². The standard InChI is InChI=1S/C12H23NO3/c1-5-12(3,4)9-13-10(14)7-8-11(15)16-6-2/h5-9H2,1-4H3,(H,13,14). The molecule has 0 unspecified atom stereocenters. The Morgan fingerprint density at radius 3 is 2.31 bits per heavy atom. The summed E-state index contributed by atoms with van der Waals surface area (Å²) in [6.07, 6.45) is 1.37. The fraction of sp³-hybridized carbons (Fsp3) is 0.833. The van der Waals surface area contributed by atoms with E-state index in [2.05, 4.69) is 26.1 Å². The molecular formula is C12H23NO3. The maximum absolute atomic E-state index is 11.4. The maximum Gasteiger partial charge on any atom is 0.306 e. The average Bonchev–Trinajstić information content (AvgIpc) is 2.24. The SMILES string of the molecule is CCOC(=O)CCC(=O)NCC(C)(C)CC. The first-order valence-electron chi connectivity index (χ1n) is 5.83. The summed E-state index contributed by atoms with van der Waals surface area (Å²) < 4.78 is 4.74. The Balaban J connectivity index is 3.71. The van der Waals surface area contributed by atoms with Crippen molar-refractivity contribution >= 4 is 11.9 Å². The average molecular weight is 229 g/mol. The molecule has 0 heterocycles. The molecule has 0 aromatic carbocycles. The first kappa shape index (κ1) is 14.9. The second kappa shape index (κ2) is 7.25. The third-order valence-electron chi connectivity index (χ3n) is 2.58. The van der Waals surface area contributed by atoms with Crippen LogP contribution in [0.1, 0.15) is 47.0 Å². The predicted octanol–water partition coefficient (Wildman–Crippen LogP) is 1.88. The minimum absolute atomic E-state index is 0.0884. The summed E-state index contributed by atoms with van der Waals surface area (Å²) in [5.74, 6) is -0.401. The molecule has 0 spiro atoms. The molecule has 0 radical (unpaired) electrons. The second-order valence-corrected chi connectivity index (χ2v) is 4.60. The molecule has 1 N–H and O–H groups in total. The van der Waals surface area contributed by atoms with Gasteiger partial charge in [-0.3, -0.25) is 9.59 Å². The lowest BCUT2D eigenvalue weighted by Crippen LogP contribution is -2.33. The molecule has 0 saturated heterocycles. The van der Waals surface area contributed by atoms with Crippen molar-refractivity contribution in [1.29, 1.82) is 0 Å². The highest BCUT2D eigenvalue weighted by atomic mass is 16.5. The highest BCUT2D eigenvalue weighted by molar-refractivity contribution is 5.81. The third kappa shape index (κ3) is 7.26. The lowest BCUT2D eigenvalue weighted by Gasteiger charge is -2.22. The molecule has 4 nitrogen and oxygen atoms in total. The van der Waals surface area contributed by atoms with E-state index in [1.54, 1.807) is 6.92 Å². The van der Waals surface area contributed by atoms with Crippen LogP contribution < -0.4 is 5.32 Å². The van der Waals surface area contributed by atoms with E-state index in [9.17, 15) is 9.59 Å². The number of hydrogen-bond donors (Lipinski definition) is 1. The highest BCUT2D eigenvalue weighted by Crippen LogP contribution is 2.17. The zero-order chi connectivity index (χ0) is 12.6. The molecule has 0 fully saturated rings. The number of esters is 1. The summed E-state index contributed by atoms with van der Waals surface area (Å²) in [4.78, 5) is 22.4. The van der Waals surface area contributed by atoms with E-state index in [4.69, 9.17) is 4.74 Å². The lowest BCUT2D eigenvalue weighted by molar-refractivity contribution is -0.144. The van der Waals surface area contributed by atoms with Gasteiger partial charge in [-0.1, -0.05) is 20.8 Å². The Labute approximate surface area is 97.7 Å². The lowest BCUT2D eigenvalue weighted by atomic mass is 9.90. The number of carbonyl (C=O) groups excluding carboxylic acids is 2. The van der Waals surface area contributed by atoms with E-state index >= 15 is 0 Å². The fourth-order valence-corrected chi connectivity index (χ4v) is 1.000. The zero-order valence-electron chi connectivity index (χ0n) is 10.8. The Bertz CT molecular complexity index is 236. The Morgan fingerprint density at radius 2 is 1.81 bits per heavy atom. The molecule has 0 aromatic heterocycles. The van der Waals surface area contributed by atoms with Crippen molar-refractivity contribution in [2.45, 2.75) is 47.0 Å². The molecule has 0 aliphatic carbocycles. The molecule has 0 aliphatic rings. The van der Waals surface area contributed by atoms with Gasteiger partial charge >= 0.3 is 5.97 Å². The number of nitrogens with one attached hydrogen (secondary N) is 1. The highest BCUT2D eigenvalue weighted by Gasteiger charge is 2.16. The molecular weight excluding hydrogens is 206 g/mol. The van der Waals surface area contributed by atoms with Crippen molar-refractivity contribution in [3.63, 3.8) is 0 Å². The second-order valence-electron chi connectivity index (χ2n) is 4.60. The monoisotopic (exact) mass is 229 g/mol. The number of ether oxygens (including phenoxy) is 1. The Hall–Kier alpha value is -1.06. The molecule has 94 valence electrons. The van der Waals surface area contributed by atoms with Crippen LogP contribution in [-0.4, -0.2) is 25.0 Å². The normalized spacial score (nSPS) is 11.0. The van der Waals surface area contributed by atoms with Gasteiger partial charge in [-0.2, -0.15) is 0 Å². The van der Waals surface area contributed by atoms with Gasteiger partial charge in [0.1, 0.15) is 0 Å². The molecule has 4 heteroatoms. The van der Waals surface area contributed by atoms with Gasteiger partial charge in [-0.05, 0) is 18.8 Å². The van der Waals surface area contributed by atoms with Crippen LogP contribution in [0.25, 0.3) is 0 Å². The molecule has 0 saturated carbocycles. The van der Waals surface area contributed by atoms with Crippen LogP contribution in [0.15, 0.2) is 0 Å². The van der Waals surface area contributed by atoms with Crippen molar-refractivity contribution in [1.82, 2.24) is 5.32 Å². The summed E-state index contributed by atoms with van der Waals surface area (Å²) in [6, 6.07) is 0. The minimum atomic E-state index is -0.313. The summed E-state index contributed by atoms with van der Waals surface area (Å²) in [5.41, 5.74) is 0.111. The van der Waals surface area contributed by atoms with Gasteiger partial charge in [0.2, 0.25) is 5.91 Å². The molecule has 0 rings (SSSR count). The first-order chi connectivity index (χ1) is 7.41. The molecule has 0 aromatic rings. The van der Waals surface area contributed by atoms with Crippen molar-refractivity contribution < 1.29 is 14.3 Å². The van der Waals surface area contributed by atoms with Crippen LogP contribution in [0.3, 0.4) is 0 Å². The van der Waals surface area contributed by atoms with Gasteiger partial charge < -0.3 is 10.1 Å². The summed E-state index contributed by atoms with van der Waals surface area (Å²) in [5, 5.41) is 2.82. The summed E-state index contributed by atoms with van der Waals surface area (Å²) in [7, 11) is 0. The van der Waals surface area contributed by atoms with Crippen LogP contribution >= 0.6 is 0 Å². The minimum Gasteiger partial charge on any atom is -0.466 e. The van der Waals surface area contributed by atoms with Crippen molar-refractivity contribution in [3.05, 3.63) is 0 Å². The van der Waals surface area contributed by atoms with Crippen LogP contribution in [0.2, 0.25) is 0 Å². The van der Waals surface area contributed by atoms with Crippen molar-refractivity contribution in [2.75, 3.05) is 13.2 Å². The smallest absolute Gasteiger partial charge is 0.306 e. The van der Waals surface area contributed by atoms with Crippen LogP contribution in [0.4, 0.5) is 0 Å². The van der Waals surface area contributed by atoms with E-state index in [1.165, 1.54) is 0 Å². The van der Waals surface area contributed by atoms with Gasteiger partial charge in [-0.25, -0.2) is 0 Å². The summed E-state index contributed by atoms with van der Waals surface area (Å²) in [6.45, 7) is 9.04. The van der Waals surface area contributed by atoms with Gasteiger partial charge in [0.15, 0.2) is 0 Å². The van der Waals surface area contributed by atoms with E-state index in [-0.39, 0.29) is 30.1 Å². The van der Waals surface area contributed by atoms with Gasteiger partial charge in [-0.15, -0.1) is 0 Å². The Morgan fingerprint density at radius 1 is 1.19 bits per heavy atom. The summed E-state index contributed by atoms with van der Waals surface area (Å²) >= 11 is 0. The van der Waals surface area contributed by atoms with Gasteiger partial charge in [0, 0.05) is 13.0 Å². The van der Waals surface area contributed by atoms with E-state index in [0.29, 0.717) is 13.2 Å². The molecule has 1 amide bonds. The zero-order valence-corrected chi connectivity index (χ0v) is 10.8. The fourth-order valence-electron chi connectivity index (χ4n) is 1.000. The van der Waals surface area contributed by atoms with E-state index in [0.717, 1.165) is 6.42 Å². The maximum atomic E-state index is 11.4. The van der Waals surface area contributed by atoms with Crippen LogP contribution in [0, 0.1) is 5.41 Å². The predicted molar refractivity (Wildman–Crippen MR) is 62.9 cm³/mol. The van der Waals surface area contributed by atoms with Crippen molar-refractivity contribution in [2.24, 2.45) is 5.41 Å². The van der Waals surface area contributed by atoms with Crippen molar-refractivity contribution in [3.8, 4) is 0 Å². The third-order valence-corrected chi connectivity index (χ3v) is 2.58. The molecule has 0 aliphatic heterocycles. The molecule has 16 heavy (non-hydrogen) atoms. The number of rotatable bonds is 7. The largest absolute Gasteiger partial charge is 0.466 e. The first-order valence-corrected chi connectivity index (χ1v) is 5.83. The van der Waals surface area contributed by atoms with Crippen LogP contribution in [0.5, 0.6) is 0 Å². The number of amides is 1. The number of hydrogen-bond acceptors (Lipinski definition) is 3. The quantitative estimate of drug-likeness (QED) is 0.678. The number of carbonyl (C=O) groups is 2. The van der Waals surface area contributed by atoms with Gasteiger partial charge in [0.05, 0.1) is 13.0 Å².